The number of carbonyl (C=O) groups excluding carboxylic acids is 1. The van der Waals surface area contributed by atoms with Gasteiger partial charge in [0.05, 0.1) is 5.69 Å². The maximum Gasteiger partial charge on any atom is 0.255 e. The van der Waals surface area contributed by atoms with Crippen LogP contribution in [0.3, 0.4) is 0 Å². The average Bonchev–Trinajstić information content (AvgIpc) is 2.68. The van der Waals surface area contributed by atoms with E-state index in [1.165, 1.54) is 5.56 Å². The van der Waals surface area contributed by atoms with Gasteiger partial charge in [0.25, 0.3) is 5.91 Å². The highest BCUT2D eigenvalue weighted by Gasteiger charge is 2.09. The highest BCUT2D eigenvalue weighted by molar-refractivity contribution is 9.10. The van der Waals surface area contributed by atoms with Crippen LogP contribution in [0, 0.1) is 0 Å². The molecule has 0 saturated carbocycles. The fraction of sp³-hybridized carbons (Fsp3) is 0.136. The molecule has 1 amide bonds. The topological polar surface area (TPSA) is 41.1 Å². The van der Waals surface area contributed by atoms with Crippen molar-refractivity contribution >= 4 is 33.2 Å². The number of aryl methyl sites for hydroxylation is 1. The lowest BCUT2D eigenvalue weighted by molar-refractivity contribution is 0.102. The second-order valence-corrected chi connectivity index (χ2v) is 6.85. The first-order chi connectivity index (χ1) is 12.7. The van der Waals surface area contributed by atoms with Crippen LogP contribution < -0.4 is 10.6 Å². The zero-order valence-electron chi connectivity index (χ0n) is 14.6. The number of benzene rings is 3. The summed E-state index contributed by atoms with van der Waals surface area (Å²) in [6.07, 6.45) is 0.984. The Balaban J connectivity index is 1.70. The molecule has 2 N–H and O–H groups in total. The van der Waals surface area contributed by atoms with E-state index < -0.39 is 0 Å². The van der Waals surface area contributed by atoms with Crippen LogP contribution in [0.25, 0.3) is 0 Å². The molecule has 0 saturated heterocycles. The molecule has 3 aromatic rings. The Morgan fingerprint density at radius 2 is 1.65 bits per heavy atom. The number of para-hydroxylation sites is 2. The third-order valence-corrected chi connectivity index (χ3v) is 4.88. The van der Waals surface area contributed by atoms with Gasteiger partial charge in [-0.1, -0.05) is 49.4 Å². The van der Waals surface area contributed by atoms with Crippen molar-refractivity contribution in [3.05, 3.63) is 94.0 Å². The van der Waals surface area contributed by atoms with Gasteiger partial charge in [-0.05, 0) is 63.8 Å². The molecule has 0 fully saturated rings. The zero-order chi connectivity index (χ0) is 18.4. The summed E-state index contributed by atoms with van der Waals surface area (Å²) < 4.78 is 0.863. The molecule has 0 aliphatic heterocycles. The Morgan fingerprint density at radius 1 is 0.923 bits per heavy atom. The van der Waals surface area contributed by atoms with Gasteiger partial charge in [0.1, 0.15) is 0 Å². The summed E-state index contributed by atoms with van der Waals surface area (Å²) in [6, 6.07) is 23.6. The smallest absolute Gasteiger partial charge is 0.255 e. The monoisotopic (exact) mass is 408 g/mol. The Labute approximate surface area is 162 Å². The van der Waals surface area contributed by atoms with E-state index in [4.69, 9.17) is 0 Å². The van der Waals surface area contributed by atoms with E-state index in [0.717, 1.165) is 27.8 Å². The molecule has 0 unspecified atom stereocenters. The van der Waals surface area contributed by atoms with E-state index in [2.05, 4.69) is 51.7 Å². The summed E-state index contributed by atoms with van der Waals surface area (Å²) in [7, 11) is 0. The Hall–Kier alpha value is -2.59. The molecule has 0 spiro atoms. The van der Waals surface area contributed by atoms with Crippen molar-refractivity contribution in [3.8, 4) is 0 Å². The molecule has 0 aromatic heterocycles. The van der Waals surface area contributed by atoms with Crippen LogP contribution in [-0.2, 0) is 13.0 Å². The number of anilines is 2. The van der Waals surface area contributed by atoms with E-state index in [1.807, 2.05) is 54.6 Å². The highest BCUT2D eigenvalue weighted by atomic mass is 79.9. The number of hydrogen-bond acceptors (Lipinski definition) is 2. The Morgan fingerprint density at radius 3 is 2.42 bits per heavy atom. The summed E-state index contributed by atoms with van der Waals surface area (Å²) in [5.41, 5.74) is 4.89. The van der Waals surface area contributed by atoms with E-state index in [1.54, 1.807) is 0 Å². The van der Waals surface area contributed by atoms with Crippen molar-refractivity contribution in [3.63, 3.8) is 0 Å². The summed E-state index contributed by atoms with van der Waals surface area (Å²) in [6.45, 7) is 2.82. The minimum absolute atomic E-state index is 0.118. The lowest BCUT2D eigenvalue weighted by atomic mass is 10.1. The van der Waals surface area contributed by atoms with Gasteiger partial charge in [-0.3, -0.25) is 4.79 Å². The van der Waals surface area contributed by atoms with Crippen molar-refractivity contribution in [1.82, 2.24) is 0 Å². The maximum absolute atomic E-state index is 12.5. The van der Waals surface area contributed by atoms with E-state index in [0.29, 0.717) is 12.1 Å². The first kappa shape index (κ1) is 18.2. The molecule has 0 atom stereocenters. The van der Waals surface area contributed by atoms with E-state index in [9.17, 15) is 4.79 Å². The number of rotatable bonds is 6. The van der Waals surface area contributed by atoms with E-state index in [-0.39, 0.29) is 5.91 Å². The van der Waals surface area contributed by atoms with Crippen molar-refractivity contribution in [2.75, 3.05) is 10.6 Å². The lowest BCUT2D eigenvalue weighted by Crippen LogP contribution is -2.13. The molecule has 26 heavy (non-hydrogen) atoms. The number of halogens is 1. The summed E-state index contributed by atoms with van der Waals surface area (Å²) in [5.74, 6) is -0.118. The van der Waals surface area contributed by atoms with Gasteiger partial charge in [0, 0.05) is 22.3 Å². The van der Waals surface area contributed by atoms with Gasteiger partial charge >= 0.3 is 0 Å². The van der Waals surface area contributed by atoms with Crippen LogP contribution in [0.5, 0.6) is 0 Å². The predicted molar refractivity (Wildman–Crippen MR) is 112 cm³/mol. The molecular weight excluding hydrogens is 388 g/mol. The quantitative estimate of drug-likeness (QED) is 0.534. The van der Waals surface area contributed by atoms with Crippen molar-refractivity contribution in [1.29, 1.82) is 0 Å². The van der Waals surface area contributed by atoms with Gasteiger partial charge in [-0.15, -0.1) is 0 Å². The van der Waals surface area contributed by atoms with Crippen LogP contribution in [-0.4, -0.2) is 5.91 Å². The highest BCUT2D eigenvalue weighted by Crippen LogP contribution is 2.22. The van der Waals surface area contributed by atoms with Crippen molar-refractivity contribution in [2.45, 2.75) is 19.9 Å². The van der Waals surface area contributed by atoms with Gasteiger partial charge in [0.2, 0.25) is 0 Å². The average molecular weight is 409 g/mol. The predicted octanol–water partition coefficient (Wildman–Crippen LogP) is 5.88. The third kappa shape index (κ3) is 4.52. The van der Waals surface area contributed by atoms with Crippen molar-refractivity contribution < 1.29 is 4.79 Å². The van der Waals surface area contributed by atoms with Crippen LogP contribution in [0.1, 0.15) is 28.4 Å². The molecule has 132 valence electrons. The zero-order valence-corrected chi connectivity index (χ0v) is 16.2. The number of amides is 1. The van der Waals surface area contributed by atoms with Gasteiger partial charge in [-0.2, -0.15) is 0 Å². The lowest BCUT2D eigenvalue weighted by Gasteiger charge is -2.12. The van der Waals surface area contributed by atoms with E-state index >= 15 is 0 Å². The summed E-state index contributed by atoms with van der Waals surface area (Å²) in [4.78, 5) is 12.5. The van der Waals surface area contributed by atoms with Crippen LogP contribution in [0.2, 0.25) is 0 Å². The minimum Gasteiger partial charge on any atom is -0.381 e. The van der Waals surface area contributed by atoms with Crippen molar-refractivity contribution in [2.24, 2.45) is 0 Å². The molecule has 3 rings (SSSR count). The second-order valence-electron chi connectivity index (χ2n) is 6.00. The molecular formula is C22H21BrN2O. The normalized spacial score (nSPS) is 10.4. The Bertz CT molecular complexity index is 908. The fourth-order valence-electron chi connectivity index (χ4n) is 2.78. The maximum atomic E-state index is 12.5. The van der Waals surface area contributed by atoms with Gasteiger partial charge in [0.15, 0.2) is 0 Å². The SMILES string of the molecule is CCc1ccccc1NCc1cccc(C(=O)Nc2ccccc2Br)c1. The Kier molecular flexibility index (Phi) is 6.08. The molecule has 0 bridgehead atoms. The first-order valence-electron chi connectivity index (χ1n) is 8.64. The molecule has 0 radical (unpaired) electrons. The summed E-state index contributed by atoms with van der Waals surface area (Å²) >= 11 is 3.45. The largest absolute Gasteiger partial charge is 0.381 e. The molecule has 0 aliphatic carbocycles. The number of carbonyl (C=O) groups is 1. The minimum atomic E-state index is -0.118. The third-order valence-electron chi connectivity index (χ3n) is 4.19. The van der Waals surface area contributed by atoms with Crippen LogP contribution >= 0.6 is 15.9 Å². The molecule has 3 nitrogen and oxygen atoms in total. The number of nitrogens with one attached hydrogen (secondary N) is 2. The van der Waals surface area contributed by atoms with Crippen LogP contribution in [0.4, 0.5) is 11.4 Å². The standard InChI is InChI=1S/C22H21BrN2O/c1-2-17-9-3-5-12-20(17)24-15-16-8-7-10-18(14-16)22(26)25-21-13-6-4-11-19(21)23/h3-14,24H,2,15H2,1H3,(H,25,26). The molecule has 0 aliphatic rings. The fourth-order valence-corrected chi connectivity index (χ4v) is 3.16. The molecule has 4 heteroatoms. The van der Waals surface area contributed by atoms with Gasteiger partial charge in [-0.25, -0.2) is 0 Å². The van der Waals surface area contributed by atoms with Gasteiger partial charge < -0.3 is 10.6 Å². The first-order valence-corrected chi connectivity index (χ1v) is 9.43. The summed E-state index contributed by atoms with van der Waals surface area (Å²) in [5, 5.41) is 6.41. The number of hydrogen-bond donors (Lipinski definition) is 2. The van der Waals surface area contributed by atoms with Crippen LogP contribution in [0.15, 0.2) is 77.3 Å². The molecule has 3 aromatic carbocycles. The second kappa shape index (κ2) is 8.68. The molecule has 0 heterocycles.